The Labute approximate surface area is 101 Å². The largest absolute Gasteiger partial charge is 0.492 e. The highest BCUT2D eigenvalue weighted by atomic mass is 16.5. The van der Waals surface area contributed by atoms with Crippen LogP contribution in [0.3, 0.4) is 0 Å². The zero-order valence-electron chi connectivity index (χ0n) is 9.94. The molecule has 1 saturated carbocycles. The van der Waals surface area contributed by atoms with Gasteiger partial charge < -0.3 is 15.2 Å². The molecule has 1 aromatic rings. The molecule has 0 amide bonds. The van der Waals surface area contributed by atoms with Gasteiger partial charge in [0.05, 0.1) is 24.5 Å². The van der Waals surface area contributed by atoms with Gasteiger partial charge in [0.2, 0.25) is 0 Å². The fraction of sp³-hybridized carbons (Fsp3) is 0.462. The number of anilines is 1. The first-order valence-corrected chi connectivity index (χ1v) is 5.90. The predicted molar refractivity (Wildman–Crippen MR) is 65.0 cm³/mol. The maximum absolute atomic E-state index is 11.7. The molecule has 0 atom stereocenters. The summed E-state index contributed by atoms with van der Waals surface area (Å²) in [5.74, 6) is 0.858. The molecule has 4 nitrogen and oxygen atoms in total. The van der Waals surface area contributed by atoms with Crippen LogP contribution in [0.2, 0.25) is 0 Å². The molecule has 92 valence electrons. The number of ether oxygens (including phenoxy) is 2. The van der Waals surface area contributed by atoms with Crippen LogP contribution in [-0.2, 0) is 4.74 Å². The van der Waals surface area contributed by atoms with E-state index >= 15 is 0 Å². The first-order chi connectivity index (χ1) is 8.20. The third-order valence-electron chi connectivity index (χ3n) is 2.69. The number of hydrogen-bond acceptors (Lipinski definition) is 4. The molecule has 0 unspecified atom stereocenters. The van der Waals surface area contributed by atoms with Gasteiger partial charge in [-0.2, -0.15) is 0 Å². The SMILES string of the molecule is CCOc1ccc(C(=O)OCC2CC2)cc1N. The average Bonchev–Trinajstić information content (AvgIpc) is 3.13. The molecule has 0 aliphatic heterocycles. The standard InChI is InChI=1S/C13H17NO3/c1-2-16-12-6-5-10(7-11(12)14)13(15)17-8-9-3-4-9/h5-7,9H,2-4,8,14H2,1H3. The Hall–Kier alpha value is -1.71. The van der Waals surface area contributed by atoms with Crippen molar-refractivity contribution in [2.24, 2.45) is 5.92 Å². The molecule has 17 heavy (non-hydrogen) atoms. The summed E-state index contributed by atoms with van der Waals surface area (Å²) in [4.78, 5) is 11.7. The normalized spacial score (nSPS) is 14.4. The Morgan fingerprint density at radius 2 is 2.24 bits per heavy atom. The molecule has 1 aromatic carbocycles. The summed E-state index contributed by atoms with van der Waals surface area (Å²) in [5, 5.41) is 0. The molecule has 0 spiro atoms. The number of esters is 1. The van der Waals surface area contributed by atoms with E-state index in [4.69, 9.17) is 15.2 Å². The maximum atomic E-state index is 11.7. The predicted octanol–water partition coefficient (Wildman–Crippen LogP) is 2.23. The minimum absolute atomic E-state index is 0.313. The van der Waals surface area contributed by atoms with Crippen LogP contribution in [-0.4, -0.2) is 19.2 Å². The van der Waals surface area contributed by atoms with E-state index in [2.05, 4.69) is 0 Å². The van der Waals surface area contributed by atoms with Gasteiger partial charge >= 0.3 is 5.97 Å². The number of nitrogen functional groups attached to an aromatic ring is 1. The van der Waals surface area contributed by atoms with Crippen molar-refractivity contribution in [3.63, 3.8) is 0 Å². The van der Waals surface area contributed by atoms with Crippen molar-refractivity contribution in [2.75, 3.05) is 18.9 Å². The summed E-state index contributed by atoms with van der Waals surface area (Å²) in [7, 11) is 0. The molecule has 2 rings (SSSR count). The van der Waals surface area contributed by atoms with E-state index < -0.39 is 0 Å². The fourth-order valence-electron chi connectivity index (χ4n) is 1.52. The van der Waals surface area contributed by atoms with Crippen molar-refractivity contribution in [2.45, 2.75) is 19.8 Å². The quantitative estimate of drug-likeness (QED) is 0.628. The smallest absolute Gasteiger partial charge is 0.338 e. The molecule has 2 N–H and O–H groups in total. The van der Waals surface area contributed by atoms with Gasteiger partial charge in [-0.25, -0.2) is 4.79 Å². The third-order valence-corrected chi connectivity index (χ3v) is 2.69. The minimum Gasteiger partial charge on any atom is -0.492 e. The van der Waals surface area contributed by atoms with E-state index in [0.29, 0.717) is 36.1 Å². The molecule has 0 radical (unpaired) electrons. The lowest BCUT2D eigenvalue weighted by atomic mass is 10.2. The second-order valence-electron chi connectivity index (χ2n) is 4.23. The van der Waals surface area contributed by atoms with E-state index in [1.165, 1.54) is 12.8 Å². The van der Waals surface area contributed by atoms with Crippen molar-refractivity contribution >= 4 is 11.7 Å². The number of carbonyl (C=O) groups is 1. The Bertz CT molecular complexity index is 413. The van der Waals surface area contributed by atoms with Crippen LogP contribution in [0.15, 0.2) is 18.2 Å². The zero-order valence-corrected chi connectivity index (χ0v) is 9.94. The fourth-order valence-corrected chi connectivity index (χ4v) is 1.52. The highest BCUT2D eigenvalue weighted by Gasteiger charge is 2.23. The molecular formula is C13H17NO3. The third kappa shape index (κ3) is 3.12. The Morgan fingerprint density at radius 1 is 1.47 bits per heavy atom. The summed E-state index contributed by atoms with van der Waals surface area (Å²) in [6, 6.07) is 4.98. The summed E-state index contributed by atoms with van der Waals surface area (Å²) < 4.78 is 10.5. The molecule has 0 aromatic heterocycles. The van der Waals surface area contributed by atoms with Gasteiger partial charge in [-0.3, -0.25) is 0 Å². The Balaban J connectivity index is 1.99. The molecule has 4 heteroatoms. The van der Waals surface area contributed by atoms with Crippen molar-refractivity contribution in [3.8, 4) is 5.75 Å². The highest BCUT2D eigenvalue weighted by molar-refractivity contribution is 5.91. The maximum Gasteiger partial charge on any atom is 0.338 e. The van der Waals surface area contributed by atoms with Crippen molar-refractivity contribution < 1.29 is 14.3 Å². The molecule has 0 bridgehead atoms. The highest BCUT2D eigenvalue weighted by Crippen LogP contribution is 2.29. The monoisotopic (exact) mass is 235 g/mol. The number of benzene rings is 1. The Morgan fingerprint density at radius 3 is 2.82 bits per heavy atom. The van der Waals surface area contributed by atoms with Crippen molar-refractivity contribution in [3.05, 3.63) is 23.8 Å². The van der Waals surface area contributed by atoms with E-state index in [0.717, 1.165) is 0 Å². The lowest BCUT2D eigenvalue weighted by Crippen LogP contribution is -2.08. The molecule has 0 saturated heterocycles. The Kier molecular flexibility index (Phi) is 3.52. The lowest BCUT2D eigenvalue weighted by Gasteiger charge is -2.08. The van der Waals surface area contributed by atoms with Crippen LogP contribution in [0.5, 0.6) is 5.75 Å². The lowest BCUT2D eigenvalue weighted by molar-refractivity contribution is 0.0486. The van der Waals surface area contributed by atoms with Gasteiger partial charge in [-0.15, -0.1) is 0 Å². The van der Waals surface area contributed by atoms with Gasteiger partial charge in [0.1, 0.15) is 5.75 Å². The van der Waals surface area contributed by atoms with Crippen molar-refractivity contribution in [1.29, 1.82) is 0 Å². The first-order valence-electron chi connectivity index (χ1n) is 5.90. The second-order valence-corrected chi connectivity index (χ2v) is 4.23. The summed E-state index contributed by atoms with van der Waals surface area (Å²) in [6.45, 7) is 2.96. The number of rotatable bonds is 5. The van der Waals surface area contributed by atoms with E-state index in [-0.39, 0.29) is 5.97 Å². The van der Waals surface area contributed by atoms with Crippen LogP contribution in [0.4, 0.5) is 5.69 Å². The van der Waals surface area contributed by atoms with Crippen LogP contribution >= 0.6 is 0 Å². The summed E-state index contributed by atoms with van der Waals surface area (Å²) in [5.41, 5.74) is 6.72. The van der Waals surface area contributed by atoms with Gasteiger partial charge in [0, 0.05) is 0 Å². The molecule has 0 heterocycles. The topological polar surface area (TPSA) is 61.5 Å². The van der Waals surface area contributed by atoms with E-state index in [1.807, 2.05) is 6.92 Å². The summed E-state index contributed by atoms with van der Waals surface area (Å²) in [6.07, 6.45) is 2.33. The van der Waals surface area contributed by atoms with E-state index in [9.17, 15) is 4.79 Å². The number of carbonyl (C=O) groups excluding carboxylic acids is 1. The van der Waals surface area contributed by atoms with Gasteiger partial charge in [0.15, 0.2) is 0 Å². The molecule has 1 fully saturated rings. The van der Waals surface area contributed by atoms with Crippen LogP contribution in [0, 0.1) is 5.92 Å². The number of hydrogen-bond donors (Lipinski definition) is 1. The van der Waals surface area contributed by atoms with E-state index in [1.54, 1.807) is 18.2 Å². The molecule has 1 aliphatic carbocycles. The zero-order chi connectivity index (χ0) is 12.3. The average molecular weight is 235 g/mol. The van der Waals surface area contributed by atoms with Crippen LogP contribution in [0.25, 0.3) is 0 Å². The number of nitrogens with two attached hydrogens (primary N) is 1. The second kappa shape index (κ2) is 5.08. The molecule has 1 aliphatic rings. The van der Waals surface area contributed by atoms with Crippen molar-refractivity contribution in [1.82, 2.24) is 0 Å². The van der Waals surface area contributed by atoms with Gasteiger partial charge in [0.25, 0.3) is 0 Å². The first kappa shape index (κ1) is 11.8. The summed E-state index contributed by atoms with van der Waals surface area (Å²) >= 11 is 0. The van der Waals surface area contributed by atoms with Gasteiger partial charge in [-0.05, 0) is 43.9 Å². The minimum atomic E-state index is -0.313. The van der Waals surface area contributed by atoms with Crippen LogP contribution < -0.4 is 10.5 Å². The van der Waals surface area contributed by atoms with Crippen LogP contribution in [0.1, 0.15) is 30.1 Å². The van der Waals surface area contributed by atoms with Gasteiger partial charge in [-0.1, -0.05) is 0 Å². The molecular weight excluding hydrogens is 218 g/mol.